The van der Waals surface area contributed by atoms with Gasteiger partial charge in [0.2, 0.25) is 0 Å². The second kappa shape index (κ2) is 3.34. The van der Waals surface area contributed by atoms with Crippen LogP contribution in [0.5, 0.6) is 0 Å². The quantitative estimate of drug-likeness (QED) is 0.585. The highest BCUT2D eigenvalue weighted by atomic mass is 16.3. The largest absolute Gasteiger partial charge is 0.412 e. The second-order valence-electron chi connectivity index (χ2n) is 2.07. The van der Waals surface area contributed by atoms with Crippen molar-refractivity contribution in [3.05, 3.63) is 18.2 Å². The van der Waals surface area contributed by atoms with E-state index in [-0.39, 0.29) is 5.48 Å². The normalized spacial score (nSPS) is 12.3. The minimum Gasteiger partial charge on any atom is -0.412 e. The van der Waals surface area contributed by atoms with Crippen molar-refractivity contribution in [3.63, 3.8) is 0 Å². The Hall–Kier alpha value is -0.870. The average molecular weight is 144 g/mol. The van der Waals surface area contributed by atoms with E-state index in [0.717, 1.165) is 0 Å². The van der Waals surface area contributed by atoms with Gasteiger partial charge in [-0.1, -0.05) is 0 Å². The zero-order valence-corrected chi connectivity index (χ0v) is 6.07. The van der Waals surface area contributed by atoms with Gasteiger partial charge >= 0.3 is 0 Å². The van der Waals surface area contributed by atoms with Crippen LogP contribution in [0.15, 0.2) is 12.4 Å². The van der Waals surface area contributed by atoms with Gasteiger partial charge in [-0.2, -0.15) is 0 Å². The minimum atomic E-state index is -0.468. The summed E-state index contributed by atoms with van der Waals surface area (Å²) in [7, 11) is 1.86. The highest BCUT2D eigenvalue weighted by Crippen LogP contribution is 2.05. The van der Waals surface area contributed by atoms with Gasteiger partial charge in [0.1, 0.15) is 11.9 Å². The standard InChI is InChI=1S/C6H10N2O.H2O/c1-5(9)6-7-3-4-8(6)2;/h3-5,9H,1-2H3;1H2. The second-order valence-corrected chi connectivity index (χ2v) is 2.07. The molecule has 3 N–H and O–H groups in total. The summed E-state index contributed by atoms with van der Waals surface area (Å²) < 4.78 is 1.80. The predicted octanol–water partition coefficient (Wildman–Crippen LogP) is -0.351. The van der Waals surface area contributed by atoms with Crippen LogP contribution >= 0.6 is 0 Å². The number of nitrogens with zero attached hydrogens (tertiary/aromatic N) is 2. The van der Waals surface area contributed by atoms with Crippen LogP contribution < -0.4 is 0 Å². The average Bonchev–Trinajstić information content (AvgIpc) is 2.13. The van der Waals surface area contributed by atoms with Gasteiger partial charge in [-0.25, -0.2) is 4.98 Å². The Morgan fingerprint density at radius 2 is 2.30 bits per heavy atom. The molecule has 0 fully saturated rings. The van der Waals surface area contributed by atoms with E-state index in [0.29, 0.717) is 5.82 Å². The number of aryl methyl sites for hydroxylation is 1. The topological polar surface area (TPSA) is 69.6 Å². The van der Waals surface area contributed by atoms with E-state index in [1.807, 2.05) is 13.2 Å². The molecule has 1 unspecified atom stereocenters. The monoisotopic (exact) mass is 144 g/mol. The van der Waals surface area contributed by atoms with Crippen LogP contribution in [-0.2, 0) is 7.05 Å². The molecule has 10 heavy (non-hydrogen) atoms. The first kappa shape index (κ1) is 9.13. The van der Waals surface area contributed by atoms with Crippen molar-refractivity contribution in [2.45, 2.75) is 13.0 Å². The maximum Gasteiger partial charge on any atom is 0.137 e. The third kappa shape index (κ3) is 1.55. The van der Waals surface area contributed by atoms with Crippen molar-refractivity contribution in [1.82, 2.24) is 9.55 Å². The maximum atomic E-state index is 9.01. The molecule has 0 radical (unpaired) electrons. The van der Waals surface area contributed by atoms with E-state index in [4.69, 9.17) is 5.11 Å². The van der Waals surface area contributed by atoms with Crippen LogP contribution in [0.25, 0.3) is 0 Å². The van der Waals surface area contributed by atoms with Crippen LogP contribution in [-0.4, -0.2) is 20.1 Å². The first-order chi connectivity index (χ1) is 4.22. The Morgan fingerprint density at radius 3 is 2.50 bits per heavy atom. The zero-order chi connectivity index (χ0) is 6.85. The molecule has 0 bridgehead atoms. The lowest BCUT2D eigenvalue weighted by Gasteiger charge is -2.01. The molecule has 1 rings (SSSR count). The smallest absolute Gasteiger partial charge is 0.137 e. The first-order valence-corrected chi connectivity index (χ1v) is 2.87. The van der Waals surface area contributed by atoms with E-state index in [1.54, 1.807) is 17.7 Å². The molecule has 58 valence electrons. The molecule has 0 amide bonds. The summed E-state index contributed by atoms with van der Waals surface area (Å²) in [6.45, 7) is 1.70. The van der Waals surface area contributed by atoms with Crippen molar-refractivity contribution in [2.75, 3.05) is 0 Å². The Balaban J connectivity index is 0.000000810. The van der Waals surface area contributed by atoms with Gasteiger partial charge in [-0.3, -0.25) is 0 Å². The summed E-state index contributed by atoms with van der Waals surface area (Å²) in [6, 6.07) is 0. The lowest BCUT2D eigenvalue weighted by molar-refractivity contribution is 0.185. The fourth-order valence-electron chi connectivity index (χ4n) is 0.780. The van der Waals surface area contributed by atoms with Crippen LogP contribution in [0.4, 0.5) is 0 Å². The lowest BCUT2D eigenvalue weighted by Crippen LogP contribution is -2.00. The highest BCUT2D eigenvalue weighted by molar-refractivity contribution is 4.93. The van der Waals surface area contributed by atoms with E-state index < -0.39 is 6.10 Å². The number of rotatable bonds is 1. The molecule has 0 aromatic carbocycles. The van der Waals surface area contributed by atoms with Crippen molar-refractivity contribution >= 4 is 0 Å². The van der Waals surface area contributed by atoms with E-state index in [9.17, 15) is 0 Å². The molecule has 1 atom stereocenters. The molecular formula is C6H12N2O2. The molecule has 1 heterocycles. The summed E-state index contributed by atoms with van der Waals surface area (Å²) in [5.41, 5.74) is 0. The van der Waals surface area contributed by atoms with E-state index >= 15 is 0 Å². The van der Waals surface area contributed by atoms with Crippen molar-refractivity contribution in [1.29, 1.82) is 0 Å². The Labute approximate surface area is 59.4 Å². The maximum absolute atomic E-state index is 9.01. The Kier molecular flexibility index (Phi) is 3.05. The zero-order valence-electron chi connectivity index (χ0n) is 6.07. The van der Waals surface area contributed by atoms with Gasteiger partial charge in [0, 0.05) is 19.4 Å². The van der Waals surface area contributed by atoms with Crippen LogP contribution in [0.1, 0.15) is 18.9 Å². The summed E-state index contributed by atoms with van der Waals surface area (Å²) in [5.74, 6) is 0.704. The fraction of sp³-hybridized carbons (Fsp3) is 0.500. The van der Waals surface area contributed by atoms with Crippen LogP contribution in [0, 0.1) is 0 Å². The molecule has 0 saturated heterocycles. The molecule has 1 aromatic rings. The van der Waals surface area contributed by atoms with Crippen LogP contribution in [0.3, 0.4) is 0 Å². The predicted molar refractivity (Wildman–Crippen MR) is 37.5 cm³/mol. The molecular weight excluding hydrogens is 132 g/mol. The molecule has 0 aliphatic carbocycles. The van der Waals surface area contributed by atoms with Crippen molar-refractivity contribution < 1.29 is 10.6 Å². The summed E-state index contributed by atoms with van der Waals surface area (Å²) in [4.78, 5) is 3.93. The first-order valence-electron chi connectivity index (χ1n) is 2.87. The summed E-state index contributed by atoms with van der Waals surface area (Å²) in [6.07, 6.45) is 3.01. The Bertz CT molecular complexity index is 195. The molecule has 0 spiro atoms. The van der Waals surface area contributed by atoms with E-state index in [1.165, 1.54) is 0 Å². The van der Waals surface area contributed by atoms with E-state index in [2.05, 4.69) is 4.98 Å². The summed E-state index contributed by atoms with van der Waals surface area (Å²) in [5, 5.41) is 9.01. The van der Waals surface area contributed by atoms with Crippen LogP contribution in [0.2, 0.25) is 0 Å². The summed E-state index contributed by atoms with van der Waals surface area (Å²) >= 11 is 0. The lowest BCUT2D eigenvalue weighted by atomic mass is 10.4. The third-order valence-electron chi connectivity index (χ3n) is 1.23. The van der Waals surface area contributed by atoms with Crippen molar-refractivity contribution in [3.8, 4) is 0 Å². The van der Waals surface area contributed by atoms with Crippen molar-refractivity contribution in [2.24, 2.45) is 7.05 Å². The molecule has 1 aromatic heterocycles. The molecule has 4 heteroatoms. The molecule has 0 aliphatic heterocycles. The number of aliphatic hydroxyl groups is 1. The number of hydrogen-bond donors (Lipinski definition) is 1. The van der Waals surface area contributed by atoms with Gasteiger partial charge in [-0.15, -0.1) is 0 Å². The number of aliphatic hydroxyl groups excluding tert-OH is 1. The number of imidazole rings is 1. The van der Waals surface area contributed by atoms with Gasteiger partial charge in [0.05, 0.1) is 0 Å². The number of hydrogen-bond acceptors (Lipinski definition) is 2. The molecule has 4 nitrogen and oxygen atoms in total. The molecule has 0 saturated carbocycles. The SMILES string of the molecule is CC(O)c1nccn1C.O. The Morgan fingerprint density at radius 1 is 1.70 bits per heavy atom. The highest BCUT2D eigenvalue weighted by Gasteiger charge is 2.03. The third-order valence-corrected chi connectivity index (χ3v) is 1.23. The van der Waals surface area contributed by atoms with Gasteiger partial charge in [0.15, 0.2) is 0 Å². The molecule has 0 aliphatic rings. The van der Waals surface area contributed by atoms with Gasteiger partial charge in [-0.05, 0) is 6.92 Å². The minimum absolute atomic E-state index is 0. The van der Waals surface area contributed by atoms with Gasteiger partial charge in [0.25, 0.3) is 0 Å². The fourth-order valence-corrected chi connectivity index (χ4v) is 0.780. The van der Waals surface area contributed by atoms with Gasteiger partial charge < -0.3 is 15.1 Å². The number of aromatic nitrogens is 2.